The maximum Gasteiger partial charge on any atom is 0.282 e. The van der Waals surface area contributed by atoms with E-state index in [0.717, 1.165) is 35.1 Å². The van der Waals surface area contributed by atoms with Gasteiger partial charge in [-0.1, -0.05) is 54.6 Å². The van der Waals surface area contributed by atoms with Gasteiger partial charge in [0.1, 0.15) is 17.3 Å². The largest absolute Gasteiger partial charge is 0.362 e. The van der Waals surface area contributed by atoms with Crippen LogP contribution in [-0.4, -0.2) is 23.3 Å². The van der Waals surface area contributed by atoms with E-state index in [1.54, 1.807) is 24.3 Å². The lowest BCUT2D eigenvalue weighted by Gasteiger charge is -2.31. The molecule has 2 amide bonds. The summed E-state index contributed by atoms with van der Waals surface area (Å²) in [6.45, 7) is 1.00. The second-order valence-electron chi connectivity index (χ2n) is 7.57. The van der Waals surface area contributed by atoms with Crippen LogP contribution in [0, 0.1) is 11.6 Å². The predicted octanol–water partition coefficient (Wildman–Crippen LogP) is 4.31. The van der Waals surface area contributed by atoms with E-state index in [-0.39, 0.29) is 17.0 Å². The Morgan fingerprint density at radius 3 is 2.26 bits per heavy atom. The van der Waals surface area contributed by atoms with Gasteiger partial charge in [0.15, 0.2) is 0 Å². The number of carbonyl (C=O) groups excluding carboxylic acids is 2. The number of nitrogens with zero attached hydrogens (tertiary/aromatic N) is 2. The Bertz CT molecular complexity index is 1240. The van der Waals surface area contributed by atoms with Crippen LogP contribution in [0.3, 0.4) is 0 Å². The number of hydrogen-bond donors (Lipinski definition) is 0. The Kier molecular flexibility index (Phi) is 4.62. The summed E-state index contributed by atoms with van der Waals surface area (Å²) in [6.07, 6.45) is 0.720. The second-order valence-corrected chi connectivity index (χ2v) is 7.57. The number of rotatable bonds is 3. The van der Waals surface area contributed by atoms with E-state index < -0.39 is 23.4 Å². The second kappa shape index (κ2) is 7.47. The molecule has 0 aliphatic carbocycles. The minimum absolute atomic E-state index is 0.202. The average molecular weight is 416 g/mol. The molecule has 0 aromatic heterocycles. The summed E-state index contributed by atoms with van der Waals surface area (Å²) in [5.74, 6) is -2.86. The minimum atomic E-state index is -0.833. The summed E-state index contributed by atoms with van der Waals surface area (Å²) in [6, 6.07) is 19.5. The fourth-order valence-corrected chi connectivity index (χ4v) is 4.24. The molecule has 0 fully saturated rings. The zero-order valence-corrected chi connectivity index (χ0v) is 16.5. The van der Waals surface area contributed by atoms with Crippen molar-refractivity contribution in [1.82, 2.24) is 4.90 Å². The van der Waals surface area contributed by atoms with Gasteiger partial charge in [0.05, 0.1) is 11.3 Å². The minimum Gasteiger partial charge on any atom is -0.362 e. The van der Waals surface area contributed by atoms with Crippen molar-refractivity contribution in [2.24, 2.45) is 0 Å². The molecule has 2 aliphatic heterocycles. The number of anilines is 1. The first-order chi connectivity index (χ1) is 15.0. The van der Waals surface area contributed by atoms with Gasteiger partial charge in [-0.25, -0.2) is 13.7 Å². The molecule has 0 N–H and O–H groups in total. The fourth-order valence-electron chi connectivity index (χ4n) is 4.24. The Balaban J connectivity index is 1.64. The summed E-state index contributed by atoms with van der Waals surface area (Å²) < 4.78 is 28.4. The molecule has 0 spiro atoms. The van der Waals surface area contributed by atoms with Crippen LogP contribution in [-0.2, 0) is 22.6 Å². The topological polar surface area (TPSA) is 40.6 Å². The molecule has 154 valence electrons. The van der Waals surface area contributed by atoms with Gasteiger partial charge < -0.3 is 4.90 Å². The van der Waals surface area contributed by atoms with Crippen LogP contribution in [0.15, 0.2) is 78.5 Å². The Morgan fingerprint density at radius 1 is 0.774 bits per heavy atom. The number of amides is 2. The molecule has 0 unspecified atom stereocenters. The summed E-state index contributed by atoms with van der Waals surface area (Å²) in [4.78, 5) is 29.5. The quantitative estimate of drug-likeness (QED) is 0.598. The fraction of sp³-hybridized carbons (Fsp3) is 0.120. The molecule has 31 heavy (non-hydrogen) atoms. The third kappa shape index (κ3) is 3.20. The van der Waals surface area contributed by atoms with Crippen molar-refractivity contribution >= 4 is 23.1 Å². The van der Waals surface area contributed by atoms with Crippen molar-refractivity contribution in [3.05, 3.63) is 107 Å². The average Bonchev–Trinajstić information content (AvgIpc) is 3.05. The van der Waals surface area contributed by atoms with Gasteiger partial charge in [-0.2, -0.15) is 0 Å². The highest BCUT2D eigenvalue weighted by molar-refractivity contribution is 6.45. The molecule has 3 aromatic rings. The highest BCUT2D eigenvalue weighted by Crippen LogP contribution is 2.37. The first-order valence-corrected chi connectivity index (χ1v) is 10.00. The molecule has 0 radical (unpaired) electrons. The Hall–Kier alpha value is -3.80. The van der Waals surface area contributed by atoms with Crippen LogP contribution in [0.5, 0.6) is 0 Å². The van der Waals surface area contributed by atoms with E-state index in [9.17, 15) is 18.4 Å². The molecule has 5 rings (SSSR count). The van der Waals surface area contributed by atoms with Crippen LogP contribution < -0.4 is 4.90 Å². The number of benzene rings is 3. The summed E-state index contributed by atoms with van der Waals surface area (Å²) >= 11 is 0. The van der Waals surface area contributed by atoms with Gasteiger partial charge in [0.25, 0.3) is 11.8 Å². The first-order valence-electron chi connectivity index (χ1n) is 10.00. The Morgan fingerprint density at radius 2 is 1.48 bits per heavy atom. The Labute approximate surface area is 178 Å². The normalized spacial score (nSPS) is 16.2. The van der Waals surface area contributed by atoms with Crippen molar-refractivity contribution in [2.75, 3.05) is 11.4 Å². The monoisotopic (exact) mass is 416 g/mol. The number of hydrogen-bond acceptors (Lipinski definition) is 3. The third-order valence-electron chi connectivity index (χ3n) is 5.72. The number of fused-ring (bicyclic) bond motifs is 1. The van der Waals surface area contributed by atoms with Gasteiger partial charge in [-0.05, 0) is 35.2 Å². The van der Waals surface area contributed by atoms with Gasteiger partial charge in [0, 0.05) is 19.2 Å². The van der Waals surface area contributed by atoms with Crippen molar-refractivity contribution in [2.45, 2.75) is 13.0 Å². The molecule has 4 nitrogen and oxygen atoms in total. The SMILES string of the molecule is O=C1C(c2ccccc2)=C(N2CCc3ccccc3C2)C(=O)N1c1cc(F)ccc1F. The molecule has 0 atom stereocenters. The molecular weight excluding hydrogens is 398 g/mol. The van der Waals surface area contributed by atoms with E-state index in [1.165, 1.54) is 5.56 Å². The van der Waals surface area contributed by atoms with Crippen molar-refractivity contribution in [3.63, 3.8) is 0 Å². The number of halogens is 2. The van der Waals surface area contributed by atoms with E-state index in [4.69, 9.17) is 0 Å². The third-order valence-corrected chi connectivity index (χ3v) is 5.72. The van der Waals surface area contributed by atoms with E-state index in [0.29, 0.717) is 18.7 Å². The molecule has 3 aromatic carbocycles. The van der Waals surface area contributed by atoms with Crippen LogP contribution in [0.4, 0.5) is 14.5 Å². The molecule has 0 saturated carbocycles. The molecule has 0 bridgehead atoms. The van der Waals surface area contributed by atoms with E-state index in [1.807, 2.05) is 29.2 Å². The summed E-state index contributed by atoms with van der Waals surface area (Å²) in [7, 11) is 0. The maximum atomic E-state index is 14.5. The highest BCUT2D eigenvalue weighted by Gasteiger charge is 2.44. The van der Waals surface area contributed by atoms with Gasteiger partial charge in [-0.15, -0.1) is 0 Å². The van der Waals surface area contributed by atoms with Gasteiger partial charge >= 0.3 is 0 Å². The van der Waals surface area contributed by atoms with E-state index >= 15 is 0 Å². The number of carbonyl (C=O) groups is 2. The van der Waals surface area contributed by atoms with Crippen LogP contribution >= 0.6 is 0 Å². The summed E-state index contributed by atoms with van der Waals surface area (Å²) in [5, 5.41) is 0. The van der Waals surface area contributed by atoms with Crippen molar-refractivity contribution in [1.29, 1.82) is 0 Å². The van der Waals surface area contributed by atoms with Gasteiger partial charge in [0.2, 0.25) is 0 Å². The lowest BCUT2D eigenvalue weighted by atomic mass is 9.98. The highest BCUT2D eigenvalue weighted by atomic mass is 19.1. The molecule has 6 heteroatoms. The van der Waals surface area contributed by atoms with E-state index in [2.05, 4.69) is 6.07 Å². The number of imide groups is 1. The standard InChI is InChI=1S/C25H18F2N2O2/c26-19-10-11-20(27)21(14-19)29-24(30)22(17-7-2-1-3-8-17)23(25(29)31)28-13-12-16-6-4-5-9-18(16)15-28/h1-11,14H,12-13,15H2. The lowest BCUT2D eigenvalue weighted by Crippen LogP contribution is -2.37. The zero-order valence-electron chi connectivity index (χ0n) is 16.5. The smallest absolute Gasteiger partial charge is 0.282 e. The lowest BCUT2D eigenvalue weighted by molar-refractivity contribution is -0.120. The summed E-state index contributed by atoms with van der Waals surface area (Å²) in [5.41, 5.74) is 2.88. The van der Waals surface area contributed by atoms with Crippen LogP contribution in [0.1, 0.15) is 16.7 Å². The predicted molar refractivity (Wildman–Crippen MR) is 113 cm³/mol. The molecule has 0 saturated heterocycles. The van der Waals surface area contributed by atoms with Crippen LogP contribution in [0.2, 0.25) is 0 Å². The van der Waals surface area contributed by atoms with Gasteiger partial charge in [-0.3, -0.25) is 9.59 Å². The molecule has 2 aliphatic rings. The molecule has 2 heterocycles. The van der Waals surface area contributed by atoms with Crippen LogP contribution in [0.25, 0.3) is 5.57 Å². The van der Waals surface area contributed by atoms with Crippen molar-refractivity contribution in [3.8, 4) is 0 Å². The van der Waals surface area contributed by atoms with Crippen molar-refractivity contribution < 1.29 is 18.4 Å². The zero-order chi connectivity index (χ0) is 21.5. The first kappa shape index (κ1) is 19.2. The maximum absolute atomic E-state index is 14.5. The molecular formula is C25H18F2N2O2.